The summed E-state index contributed by atoms with van der Waals surface area (Å²) >= 11 is 1.52. The zero-order chi connectivity index (χ0) is 16.6. The van der Waals surface area contributed by atoms with Crippen molar-refractivity contribution in [2.75, 3.05) is 5.32 Å². The number of amides is 1. The Balaban J connectivity index is 1.92. The number of anilines is 1. The van der Waals surface area contributed by atoms with Gasteiger partial charge in [-0.05, 0) is 43.0 Å². The molecule has 0 aliphatic carbocycles. The van der Waals surface area contributed by atoms with Crippen molar-refractivity contribution < 1.29 is 4.79 Å². The van der Waals surface area contributed by atoms with E-state index in [0.29, 0.717) is 16.6 Å². The molecule has 0 bridgehead atoms. The van der Waals surface area contributed by atoms with Crippen LogP contribution in [-0.2, 0) is 0 Å². The molecule has 23 heavy (non-hydrogen) atoms. The number of carbonyl (C=O) groups excluding carboxylic acids is 1. The zero-order valence-corrected chi connectivity index (χ0v) is 14.6. The molecule has 3 aromatic rings. The molecule has 0 saturated heterocycles. The Morgan fingerprint density at radius 3 is 2.65 bits per heavy atom. The van der Waals surface area contributed by atoms with Gasteiger partial charge in [-0.15, -0.1) is 0 Å². The summed E-state index contributed by atoms with van der Waals surface area (Å²) in [6, 6.07) is 12.0. The van der Waals surface area contributed by atoms with Crippen LogP contribution in [0.5, 0.6) is 0 Å². The van der Waals surface area contributed by atoms with Crippen molar-refractivity contribution in [1.82, 2.24) is 4.98 Å². The van der Waals surface area contributed by atoms with E-state index in [2.05, 4.69) is 30.2 Å². The number of fused-ring (bicyclic) bond motifs is 1. The molecule has 0 atom stereocenters. The summed E-state index contributed by atoms with van der Waals surface area (Å²) in [6.45, 7) is 8.29. The number of thiazole rings is 1. The second-order valence-electron chi connectivity index (χ2n) is 6.14. The molecule has 1 N–H and O–H groups in total. The van der Waals surface area contributed by atoms with Crippen LogP contribution < -0.4 is 5.32 Å². The lowest BCUT2D eigenvalue weighted by Gasteiger charge is -2.06. The van der Waals surface area contributed by atoms with Gasteiger partial charge in [0.15, 0.2) is 5.13 Å². The molecule has 1 amide bonds. The van der Waals surface area contributed by atoms with Crippen molar-refractivity contribution in [2.45, 2.75) is 33.6 Å². The molecule has 0 spiro atoms. The first-order valence-electron chi connectivity index (χ1n) is 7.74. The molecule has 0 unspecified atom stereocenters. The van der Waals surface area contributed by atoms with E-state index in [1.54, 1.807) is 0 Å². The standard InChI is InChI=1S/C19H20N2OS/c1-11(2)14-6-5-7-16-17(14)20-19(23-16)21-18(22)15-9-8-12(3)10-13(15)4/h5-11H,1-4H3,(H,20,21,22). The molecule has 4 heteroatoms. The highest BCUT2D eigenvalue weighted by Gasteiger charge is 2.14. The van der Waals surface area contributed by atoms with E-state index in [1.165, 1.54) is 16.9 Å². The number of rotatable bonds is 3. The first kappa shape index (κ1) is 15.7. The molecule has 2 aromatic carbocycles. The maximum atomic E-state index is 12.5. The van der Waals surface area contributed by atoms with E-state index < -0.39 is 0 Å². The van der Waals surface area contributed by atoms with Crippen LogP contribution in [0, 0.1) is 13.8 Å². The highest BCUT2D eigenvalue weighted by atomic mass is 32.1. The van der Waals surface area contributed by atoms with Crippen LogP contribution in [0.15, 0.2) is 36.4 Å². The molecule has 0 saturated carbocycles. The molecule has 0 radical (unpaired) electrons. The van der Waals surface area contributed by atoms with Gasteiger partial charge in [-0.1, -0.05) is 55.0 Å². The maximum absolute atomic E-state index is 12.5. The summed E-state index contributed by atoms with van der Waals surface area (Å²) in [7, 11) is 0. The molecule has 0 fully saturated rings. The van der Waals surface area contributed by atoms with Crippen molar-refractivity contribution in [2.24, 2.45) is 0 Å². The Morgan fingerprint density at radius 1 is 1.17 bits per heavy atom. The van der Waals surface area contributed by atoms with Gasteiger partial charge in [-0.2, -0.15) is 0 Å². The molecular formula is C19H20N2OS. The molecule has 118 valence electrons. The normalized spacial score (nSPS) is 11.2. The Morgan fingerprint density at radius 2 is 1.96 bits per heavy atom. The average molecular weight is 324 g/mol. The van der Waals surface area contributed by atoms with Gasteiger partial charge in [0.05, 0.1) is 10.2 Å². The SMILES string of the molecule is Cc1ccc(C(=O)Nc2nc3c(C(C)C)cccc3s2)c(C)c1. The average Bonchev–Trinajstić information content (AvgIpc) is 2.88. The van der Waals surface area contributed by atoms with Gasteiger partial charge < -0.3 is 0 Å². The minimum absolute atomic E-state index is 0.104. The summed E-state index contributed by atoms with van der Waals surface area (Å²) < 4.78 is 1.10. The van der Waals surface area contributed by atoms with E-state index in [-0.39, 0.29) is 5.91 Å². The second kappa shape index (κ2) is 6.13. The van der Waals surface area contributed by atoms with Gasteiger partial charge >= 0.3 is 0 Å². The van der Waals surface area contributed by atoms with Crippen molar-refractivity contribution in [3.05, 3.63) is 58.7 Å². The monoisotopic (exact) mass is 324 g/mol. The van der Waals surface area contributed by atoms with Crippen LogP contribution in [0.2, 0.25) is 0 Å². The van der Waals surface area contributed by atoms with Gasteiger partial charge in [-0.3, -0.25) is 10.1 Å². The van der Waals surface area contributed by atoms with Crippen LogP contribution in [-0.4, -0.2) is 10.9 Å². The predicted octanol–water partition coefficient (Wildman–Crippen LogP) is 5.29. The van der Waals surface area contributed by atoms with E-state index in [4.69, 9.17) is 0 Å². The number of nitrogens with one attached hydrogen (secondary N) is 1. The van der Waals surface area contributed by atoms with Crippen LogP contribution in [0.4, 0.5) is 5.13 Å². The third kappa shape index (κ3) is 3.13. The molecule has 0 aliphatic rings. The lowest BCUT2D eigenvalue weighted by atomic mass is 10.0. The summed E-state index contributed by atoms with van der Waals surface area (Å²) in [5, 5.41) is 3.59. The van der Waals surface area contributed by atoms with Gasteiger partial charge in [0.25, 0.3) is 5.91 Å². The number of para-hydroxylation sites is 1. The third-order valence-electron chi connectivity index (χ3n) is 3.92. The van der Waals surface area contributed by atoms with Crippen LogP contribution in [0.25, 0.3) is 10.2 Å². The summed E-state index contributed by atoms with van der Waals surface area (Å²) in [5.74, 6) is 0.302. The molecule has 3 nitrogen and oxygen atoms in total. The van der Waals surface area contributed by atoms with E-state index in [0.717, 1.165) is 21.3 Å². The van der Waals surface area contributed by atoms with Crippen molar-refractivity contribution >= 4 is 32.6 Å². The number of hydrogen-bond acceptors (Lipinski definition) is 3. The van der Waals surface area contributed by atoms with Crippen LogP contribution in [0.1, 0.15) is 46.8 Å². The minimum Gasteiger partial charge on any atom is -0.298 e. The van der Waals surface area contributed by atoms with Crippen molar-refractivity contribution in [3.8, 4) is 0 Å². The molecular weight excluding hydrogens is 304 g/mol. The quantitative estimate of drug-likeness (QED) is 0.711. The number of aromatic nitrogens is 1. The van der Waals surface area contributed by atoms with E-state index in [9.17, 15) is 4.79 Å². The third-order valence-corrected chi connectivity index (χ3v) is 4.86. The maximum Gasteiger partial charge on any atom is 0.257 e. The minimum atomic E-state index is -0.104. The number of benzene rings is 2. The van der Waals surface area contributed by atoms with Gasteiger partial charge in [-0.25, -0.2) is 4.98 Å². The van der Waals surface area contributed by atoms with Crippen molar-refractivity contribution in [3.63, 3.8) is 0 Å². The number of hydrogen-bond donors (Lipinski definition) is 1. The smallest absolute Gasteiger partial charge is 0.257 e. The zero-order valence-electron chi connectivity index (χ0n) is 13.8. The number of nitrogens with zero attached hydrogens (tertiary/aromatic N) is 1. The Labute approximate surface area is 140 Å². The Hall–Kier alpha value is -2.20. The Kier molecular flexibility index (Phi) is 4.18. The largest absolute Gasteiger partial charge is 0.298 e. The van der Waals surface area contributed by atoms with Crippen LogP contribution in [0.3, 0.4) is 0 Å². The van der Waals surface area contributed by atoms with E-state index >= 15 is 0 Å². The summed E-state index contributed by atoms with van der Waals surface area (Å²) in [5.41, 5.74) is 5.03. The fraction of sp³-hybridized carbons (Fsp3) is 0.263. The summed E-state index contributed by atoms with van der Waals surface area (Å²) in [6.07, 6.45) is 0. The van der Waals surface area contributed by atoms with Gasteiger partial charge in [0.2, 0.25) is 0 Å². The first-order chi connectivity index (χ1) is 11.0. The first-order valence-corrected chi connectivity index (χ1v) is 8.55. The lowest BCUT2D eigenvalue weighted by Crippen LogP contribution is -2.13. The lowest BCUT2D eigenvalue weighted by molar-refractivity contribution is 0.102. The highest BCUT2D eigenvalue weighted by Crippen LogP contribution is 2.31. The summed E-state index contributed by atoms with van der Waals surface area (Å²) in [4.78, 5) is 17.1. The predicted molar refractivity (Wildman–Crippen MR) is 97.6 cm³/mol. The Bertz CT molecular complexity index is 880. The molecule has 1 heterocycles. The molecule has 3 rings (SSSR count). The van der Waals surface area contributed by atoms with Gasteiger partial charge in [0, 0.05) is 5.56 Å². The fourth-order valence-electron chi connectivity index (χ4n) is 2.72. The number of aryl methyl sites for hydroxylation is 2. The van der Waals surface area contributed by atoms with Gasteiger partial charge in [0.1, 0.15) is 0 Å². The van der Waals surface area contributed by atoms with Crippen molar-refractivity contribution in [1.29, 1.82) is 0 Å². The molecule has 0 aliphatic heterocycles. The second-order valence-corrected chi connectivity index (χ2v) is 7.17. The van der Waals surface area contributed by atoms with E-state index in [1.807, 2.05) is 44.2 Å². The highest BCUT2D eigenvalue weighted by molar-refractivity contribution is 7.22. The topological polar surface area (TPSA) is 42.0 Å². The van der Waals surface area contributed by atoms with Crippen LogP contribution >= 0.6 is 11.3 Å². The molecule has 1 aromatic heterocycles. The fourth-order valence-corrected chi connectivity index (χ4v) is 3.62. The number of carbonyl (C=O) groups is 1.